The van der Waals surface area contributed by atoms with Gasteiger partial charge in [0, 0.05) is 39.1 Å². The quantitative estimate of drug-likeness (QED) is 0.370. The smallest absolute Gasteiger partial charge is 0.224 e. The number of amides is 1. The van der Waals surface area contributed by atoms with Gasteiger partial charge in [0.1, 0.15) is 0 Å². The minimum atomic E-state index is 0. The summed E-state index contributed by atoms with van der Waals surface area (Å²) in [6.45, 7) is 9.32. The van der Waals surface area contributed by atoms with Crippen LogP contribution in [0.3, 0.4) is 0 Å². The van der Waals surface area contributed by atoms with Crippen LogP contribution in [0, 0.1) is 5.92 Å². The number of hydrogen-bond acceptors (Lipinski definition) is 2. The molecule has 1 aromatic rings. The number of aliphatic imine (C=N–C) groups is 1. The van der Waals surface area contributed by atoms with E-state index in [9.17, 15) is 4.79 Å². The van der Waals surface area contributed by atoms with E-state index < -0.39 is 0 Å². The molecule has 1 amide bonds. The molecule has 6 heteroatoms. The van der Waals surface area contributed by atoms with Crippen molar-refractivity contribution in [1.29, 1.82) is 0 Å². The molecule has 1 fully saturated rings. The van der Waals surface area contributed by atoms with E-state index in [-0.39, 0.29) is 29.9 Å². The van der Waals surface area contributed by atoms with Crippen molar-refractivity contribution in [3.05, 3.63) is 42.0 Å². The lowest BCUT2D eigenvalue weighted by molar-refractivity contribution is -0.132. The molecule has 0 saturated carbocycles. The number of likely N-dealkylation sites (tertiary alicyclic amines) is 1. The van der Waals surface area contributed by atoms with Gasteiger partial charge < -0.3 is 15.1 Å². The Labute approximate surface area is 192 Å². The third kappa shape index (κ3) is 7.01. The third-order valence-electron chi connectivity index (χ3n) is 5.59. The minimum Gasteiger partial charge on any atom is -0.357 e. The highest BCUT2D eigenvalue weighted by Gasteiger charge is 2.21. The Kier molecular flexibility index (Phi) is 9.97. The van der Waals surface area contributed by atoms with Crippen LogP contribution < -0.4 is 5.32 Å². The Morgan fingerprint density at radius 1 is 1.21 bits per heavy atom. The van der Waals surface area contributed by atoms with Crippen molar-refractivity contribution in [2.45, 2.75) is 39.5 Å². The maximum atomic E-state index is 12.5. The molecular formula is C23H35IN4O. The van der Waals surface area contributed by atoms with Crippen LogP contribution in [-0.4, -0.2) is 60.9 Å². The second kappa shape index (κ2) is 12.2. The van der Waals surface area contributed by atoms with Crippen LogP contribution in [0.1, 0.15) is 45.1 Å². The normalized spacial score (nSPS) is 20.0. The summed E-state index contributed by atoms with van der Waals surface area (Å²) in [5, 5.41) is 3.39. The fraction of sp³-hybridized carbons (Fsp3) is 0.565. The van der Waals surface area contributed by atoms with Crippen molar-refractivity contribution in [3.63, 3.8) is 0 Å². The van der Waals surface area contributed by atoms with Crippen LogP contribution >= 0.6 is 24.0 Å². The molecule has 2 aliphatic heterocycles. The number of nitrogens with zero attached hydrogens (tertiary/aromatic N) is 3. The molecule has 1 atom stereocenters. The number of carbonyl (C=O) groups excluding carboxylic acids is 1. The van der Waals surface area contributed by atoms with Crippen molar-refractivity contribution in [2.24, 2.45) is 10.9 Å². The number of carbonyl (C=O) groups is 1. The van der Waals surface area contributed by atoms with Crippen LogP contribution in [0.25, 0.3) is 5.57 Å². The average molecular weight is 510 g/mol. The Morgan fingerprint density at radius 2 is 2.00 bits per heavy atom. The second-order valence-corrected chi connectivity index (χ2v) is 7.86. The van der Waals surface area contributed by atoms with Crippen LogP contribution in [0.5, 0.6) is 0 Å². The van der Waals surface area contributed by atoms with Gasteiger partial charge >= 0.3 is 0 Å². The lowest BCUT2D eigenvalue weighted by Crippen LogP contribution is -2.44. The van der Waals surface area contributed by atoms with Gasteiger partial charge in [0.15, 0.2) is 5.96 Å². The number of rotatable bonds is 5. The van der Waals surface area contributed by atoms with E-state index in [1.54, 1.807) is 0 Å². The van der Waals surface area contributed by atoms with Gasteiger partial charge in [-0.1, -0.05) is 43.3 Å². The Bertz CT molecular complexity index is 704. The number of benzene rings is 1. The molecule has 3 rings (SSSR count). The first-order chi connectivity index (χ1) is 13.7. The fourth-order valence-electron chi connectivity index (χ4n) is 4.03. The zero-order chi connectivity index (χ0) is 19.8. The van der Waals surface area contributed by atoms with Crippen LogP contribution in [0.4, 0.5) is 0 Å². The Hall–Kier alpha value is -1.57. The predicted molar refractivity (Wildman–Crippen MR) is 132 cm³/mol. The number of halogens is 1. The second-order valence-electron chi connectivity index (χ2n) is 7.86. The predicted octanol–water partition coefficient (Wildman–Crippen LogP) is 4.01. The van der Waals surface area contributed by atoms with Gasteiger partial charge in [-0.15, -0.1) is 24.0 Å². The van der Waals surface area contributed by atoms with Gasteiger partial charge in [0.2, 0.25) is 5.91 Å². The Morgan fingerprint density at radius 3 is 2.66 bits per heavy atom. The molecular weight excluding hydrogens is 475 g/mol. The third-order valence-corrected chi connectivity index (χ3v) is 5.59. The molecule has 29 heavy (non-hydrogen) atoms. The monoisotopic (exact) mass is 510 g/mol. The van der Waals surface area contributed by atoms with Crippen molar-refractivity contribution < 1.29 is 4.79 Å². The van der Waals surface area contributed by atoms with Gasteiger partial charge in [-0.05, 0) is 43.2 Å². The molecule has 1 N–H and O–H groups in total. The van der Waals surface area contributed by atoms with Crippen LogP contribution in [-0.2, 0) is 4.79 Å². The van der Waals surface area contributed by atoms with Crippen molar-refractivity contribution in [3.8, 4) is 0 Å². The molecule has 160 valence electrons. The first kappa shape index (κ1) is 23.7. The van der Waals surface area contributed by atoms with Crippen molar-refractivity contribution >= 4 is 41.4 Å². The summed E-state index contributed by atoms with van der Waals surface area (Å²) >= 11 is 0. The summed E-state index contributed by atoms with van der Waals surface area (Å²) in [6.07, 6.45) is 6.17. The van der Waals surface area contributed by atoms with E-state index in [1.807, 2.05) is 4.90 Å². The maximum absolute atomic E-state index is 12.5. The minimum absolute atomic E-state index is 0. The molecule has 2 aliphatic rings. The molecule has 5 nitrogen and oxygen atoms in total. The number of piperidine rings is 1. The van der Waals surface area contributed by atoms with Crippen LogP contribution in [0.15, 0.2) is 41.4 Å². The van der Waals surface area contributed by atoms with E-state index in [1.165, 1.54) is 17.6 Å². The molecule has 0 aliphatic carbocycles. The fourth-order valence-corrected chi connectivity index (χ4v) is 4.03. The number of guanidine groups is 1. The lowest BCUT2D eigenvalue weighted by Gasteiger charge is -2.31. The first-order valence-corrected chi connectivity index (χ1v) is 10.7. The SMILES string of the molecule is CCNC(=NCCC(=O)N1CCCC(C)C1)N1CC=C(c2ccccc2)CC1.I. The number of hydrogen-bond donors (Lipinski definition) is 1. The van der Waals surface area contributed by atoms with Gasteiger partial charge in [-0.25, -0.2) is 0 Å². The summed E-state index contributed by atoms with van der Waals surface area (Å²) in [5.74, 6) is 1.79. The standard InChI is InChI=1S/C23H34N4O.HI/c1-3-24-23(25-14-11-22(28)27-15-7-8-19(2)18-27)26-16-12-21(13-17-26)20-9-5-4-6-10-20;/h4-6,9-10,12,19H,3,7-8,11,13-18H2,1-2H3,(H,24,25);1H. The highest BCUT2D eigenvalue weighted by atomic mass is 127. The Balaban J connectivity index is 0.00000300. The zero-order valence-electron chi connectivity index (χ0n) is 17.8. The summed E-state index contributed by atoms with van der Waals surface area (Å²) in [4.78, 5) is 21.5. The first-order valence-electron chi connectivity index (χ1n) is 10.7. The number of nitrogens with one attached hydrogen (secondary N) is 1. The lowest BCUT2D eigenvalue weighted by atomic mass is 10.00. The summed E-state index contributed by atoms with van der Waals surface area (Å²) < 4.78 is 0. The van der Waals surface area contributed by atoms with Gasteiger partial charge in [0.25, 0.3) is 0 Å². The molecule has 2 heterocycles. The van der Waals surface area contributed by atoms with Gasteiger partial charge in [0.05, 0.1) is 6.54 Å². The van der Waals surface area contributed by atoms with E-state index in [0.29, 0.717) is 18.9 Å². The van der Waals surface area contributed by atoms with Gasteiger partial charge in [-0.2, -0.15) is 0 Å². The van der Waals surface area contributed by atoms with E-state index in [4.69, 9.17) is 4.99 Å². The highest BCUT2D eigenvalue weighted by Crippen LogP contribution is 2.22. The molecule has 1 unspecified atom stereocenters. The molecule has 1 saturated heterocycles. The summed E-state index contributed by atoms with van der Waals surface area (Å²) in [7, 11) is 0. The zero-order valence-corrected chi connectivity index (χ0v) is 20.1. The molecule has 0 radical (unpaired) electrons. The van der Waals surface area contributed by atoms with E-state index in [2.05, 4.69) is 60.5 Å². The van der Waals surface area contributed by atoms with Crippen molar-refractivity contribution in [1.82, 2.24) is 15.1 Å². The van der Waals surface area contributed by atoms with Gasteiger partial charge in [-0.3, -0.25) is 9.79 Å². The molecule has 0 bridgehead atoms. The molecule has 0 spiro atoms. The average Bonchev–Trinajstić information content (AvgIpc) is 2.74. The topological polar surface area (TPSA) is 47.9 Å². The van der Waals surface area contributed by atoms with E-state index in [0.717, 1.165) is 51.5 Å². The largest absolute Gasteiger partial charge is 0.357 e. The molecule has 0 aromatic heterocycles. The summed E-state index contributed by atoms with van der Waals surface area (Å²) in [6, 6.07) is 10.6. The molecule has 1 aromatic carbocycles. The maximum Gasteiger partial charge on any atom is 0.224 e. The van der Waals surface area contributed by atoms with Crippen LogP contribution in [0.2, 0.25) is 0 Å². The summed E-state index contributed by atoms with van der Waals surface area (Å²) in [5.41, 5.74) is 2.72. The van der Waals surface area contributed by atoms with Crippen molar-refractivity contribution in [2.75, 3.05) is 39.3 Å². The van der Waals surface area contributed by atoms with E-state index >= 15 is 0 Å². The highest BCUT2D eigenvalue weighted by molar-refractivity contribution is 14.0.